The standard InChI is InChI=1S/C27H25N7OS/c1-17-30-15-20(16-31-17)18-3-2-4-21(11-18)33-27-32-14-19-12-23(26-29-9-10-36-26)25(13-24(19)34-27)35-22-5-7-28-8-6-22/h2-4,9-16,22,28H,5-8H2,1H3,(H,32,33,34). The molecule has 1 aliphatic rings. The minimum Gasteiger partial charge on any atom is -0.490 e. The van der Waals surface area contributed by atoms with Crippen LogP contribution in [0.1, 0.15) is 18.7 Å². The van der Waals surface area contributed by atoms with Crippen LogP contribution in [0.5, 0.6) is 5.75 Å². The first-order valence-electron chi connectivity index (χ1n) is 12.0. The number of aryl methyl sites for hydroxylation is 1. The lowest BCUT2D eigenvalue weighted by molar-refractivity contribution is 0.163. The van der Waals surface area contributed by atoms with E-state index in [2.05, 4.69) is 36.6 Å². The topological polar surface area (TPSA) is 97.7 Å². The van der Waals surface area contributed by atoms with Gasteiger partial charge in [-0.1, -0.05) is 12.1 Å². The number of piperidine rings is 1. The van der Waals surface area contributed by atoms with E-state index in [1.807, 2.05) is 67.4 Å². The van der Waals surface area contributed by atoms with Crippen LogP contribution in [-0.4, -0.2) is 44.1 Å². The second-order valence-electron chi connectivity index (χ2n) is 8.73. The van der Waals surface area contributed by atoms with Crippen molar-refractivity contribution in [3.8, 4) is 27.4 Å². The van der Waals surface area contributed by atoms with E-state index in [0.29, 0.717) is 5.95 Å². The molecule has 0 saturated carbocycles. The largest absolute Gasteiger partial charge is 0.490 e. The lowest BCUT2D eigenvalue weighted by atomic mass is 10.1. The minimum atomic E-state index is 0.176. The van der Waals surface area contributed by atoms with Crippen molar-refractivity contribution >= 4 is 33.9 Å². The Labute approximate surface area is 212 Å². The van der Waals surface area contributed by atoms with Crippen LogP contribution in [0, 0.1) is 6.92 Å². The van der Waals surface area contributed by atoms with Gasteiger partial charge in [-0.25, -0.2) is 24.9 Å². The highest BCUT2D eigenvalue weighted by molar-refractivity contribution is 7.13. The SMILES string of the molecule is Cc1ncc(-c2cccc(Nc3ncc4cc(-c5nccs5)c(OC5CCNCC5)cc4n3)c2)cn1. The van der Waals surface area contributed by atoms with E-state index in [9.17, 15) is 0 Å². The maximum absolute atomic E-state index is 6.48. The quantitative estimate of drug-likeness (QED) is 0.323. The highest BCUT2D eigenvalue weighted by Gasteiger charge is 2.19. The van der Waals surface area contributed by atoms with E-state index < -0.39 is 0 Å². The number of hydrogen-bond acceptors (Lipinski definition) is 9. The molecule has 0 atom stereocenters. The van der Waals surface area contributed by atoms with Crippen LogP contribution in [0.4, 0.5) is 11.6 Å². The molecule has 4 heterocycles. The molecule has 2 aromatic carbocycles. The Morgan fingerprint density at radius 3 is 2.64 bits per heavy atom. The first kappa shape index (κ1) is 22.5. The number of ether oxygens (including phenoxy) is 1. The highest BCUT2D eigenvalue weighted by atomic mass is 32.1. The third-order valence-electron chi connectivity index (χ3n) is 6.16. The van der Waals surface area contributed by atoms with Gasteiger partial charge in [-0.05, 0) is 56.6 Å². The number of nitrogens with one attached hydrogen (secondary N) is 2. The van der Waals surface area contributed by atoms with Gasteiger partial charge in [0.1, 0.15) is 22.7 Å². The second-order valence-corrected chi connectivity index (χ2v) is 9.62. The summed E-state index contributed by atoms with van der Waals surface area (Å²) < 4.78 is 6.48. The van der Waals surface area contributed by atoms with Crippen LogP contribution in [0.25, 0.3) is 32.6 Å². The molecular formula is C27H25N7OS. The number of hydrogen-bond donors (Lipinski definition) is 2. The van der Waals surface area contributed by atoms with Gasteiger partial charge in [-0.15, -0.1) is 11.3 Å². The molecule has 1 fully saturated rings. The van der Waals surface area contributed by atoms with Gasteiger partial charge >= 0.3 is 0 Å². The molecule has 0 radical (unpaired) electrons. The predicted molar refractivity (Wildman–Crippen MR) is 143 cm³/mol. The Morgan fingerprint density at radius 2 is 1.83 bits per heavy atom. The Bertz CT molecular complexity index is 1480. The Kier molecular flexibility index (Phi) is 6.23. The zero-order chi connectivity index (χ0) is 24.3. The van der Waals surface area contributed by atoms with Crippen LogP contribution >= 0.6 is 11.3 Å². The van der Waals surface area contributed by atoms with Crippen LogP contribution in [-0.2, 0) is 0 Å². The smallest absolute Gasteiger partial charge is 0.227 e. The van der Waals surface area contributed by atoms with Crippen molar-refractivity contribution in [1.29, 1.82) is 0 Å². The number of benzene rings is 2. The molecule has 0 bridgehead atoms. The van der Waals surface area contributed by atoms with Crippen LogP contribution in [0.2, 0.25) is 0 Å². The molecule has 0 aliphatic carbocycles. The lowest BCUT2D eigenvalue weighted by Crippen LogP contribution is -2.34. The van der Waals surface area contributed by atoms with Gasteiger partial charge in [0.05, 0.1) is 11.1 Å². The fraction of sp³-hybridized carbons (Fsp3) is 0.222. The number of rotatable bonds is 6. The van der Waals surface area contributed by atoms with Crippen molar-refractivity contribution in [3.05, 3.63) is 72.4 Å². The van der Waals surface area contributed by atoms with Gasteiger partial charge in [-0.3, -0.25) is 0 Å². The summed E-state index contributed by atoms with van der Waals surface area (Å²) in [6.45, 7) is 3.81. The van der Waals surface area contributed by atoms with Gasteiger partial charge in [0.2, 0.25) is 5.95 Å². The second kappa shape index (κ2) is 9.96. The van der Waals surface area contributed by atoms with E-state index in [1.165, 1.54) is 0 Å². The first-order valence-corrected chi connectivity index (χ1v) is 12.8. The fourth-order valence-corrected chi connectivity index (χ4v) is 4.94. The average molecular weight is 496 g/mol. The van der Waals surface area contributed by atoms with E-state index in [-0.39, 0.29) is 6.10 Å². The van der Waals surface area contributed by atoms with Crippen LogP contribution in [0.3, 0.4) is 0 Å². The van der Waals surface area contributed by atoms with Crippen LogP contribution in [0.15, 0.2) is 66.6 Å². The van der Waals surface area contributed by atoms with E-state index in [0.717, 1.165) is 75.8 Å². The fourth-order valence-electron chi connectivity index (χ4n) is 4.28. The maximum atomic E-state index is 6.48. The number of aromatic nitrogens is 5. The molecular weight excluding hydrogens is 470 g/mol. The molecule has 1 aliphatic heterocycles. The van der Waals surface area contributed by atoms with Crippen molar-refractivity contribution in [2.45, 2.75) is 25.9 Å². The van der Waals surface area contributed by atoms with Gasteiger partial charge in [0.25, 0.3) is 0 Å². The number of fused-ring (bicyclic) bond motifs is 1. The molecule has 3 aromatic heterocycles. The average Bonchev–Trinajstić information content (AvgIpc) is 3.44. The summed E-state index contributed by atoms with van der Waals surface area (Å²) in [5.74, 6) is 2.09. The predicted octanol–water partition coefficient (Wildman–Crippen LogP) is 5.39. The number of anilines is 2. The third kappa shape index (κ3) is 4.89. The molecule has 9 heteroatoms. The Balaban J connectivity index is 1.31. The molecule has 2 N–H and O–H groups in total. The molecule has 8 nitrogen and oxygen atoms in total. The highest BCUT2D eigenvalue weighted by Crippen LogP contribution is 2.36. The number of thiazole rings is 1. The summed E-state index contributed by atoms with van der Waals surface area (Å²) in [4.78, 5) is 22.5. The minimum absolute atomic E-state index is 0.176. The molecule has 0 amide bonds. The van der Waals surface area contributed by atoms with Crippen molar-refractivity contribution in [1.82, 2.24) is 30.2 Å². The number of nitrogens with zero attached hydrogens (tertiary/aromatic N) is 5. The summed E-state index contributed by atoms with van der Waals surface area (Å²) in [7, 11) is 0. The van der Waals surface area contributed by atoms with Crippen molar-refractivity contribution < 1.29 is 4.74 Å². The summed E-state index contributed by atoms with van der Waals surface area (Å²) in [6.07, 6.45) is 9.46. The van der Waals surface area contributed by atoms with Gasteiger partial charge in [-0.2, -0.15) is 0 Å². The summed E-state index contributed by atoms with van der Waals surface area (Å²) in [5, 5.41) is 10.6. The monoisotopic (exact) mass is 495 g/mol. The maximum Gasteiger partial charge on any atom is 0.227 e. The van der Waals surface area contributed by atoms with Crippen molar-refractivity contribution in [3.63, 3.8) is 0 Å². The molecule has 36 heavy (non-hydrogen) atoms. The van der Waals surface area contributed by atoms with E-state index in [4.69, 9.17) is 9.72 Å². The molecule has 180 valence electrons. The molecule has 5 aromatic rings. The summed E-state index contributed by atoms with van der Waals surface area (Å²) in [5.41, 5.74) is 4.66. The lowest BCUT2D eigenvalue weighted by Gasteiger charge is -2.25. The van der Waals surface area contributed by atoms with E-state index >= 15 is 0 Å². The van der Waals surface area contributed by atoms with Crippen LogP contribution < -0.4 is 15.4 Å². The summed E-state index contributed by atoms with van der Waals surface area (Å²) >= 11 is 1.60. The Morgan fingerprint density at radius 1 is 0.972 bits per heavy atom. The van der Waals surface area contributed by atoms with Gasteiger partial charge in [0.15, 0.2) is 0 Å². The summed E-state index contributed by atoms with van der Waals surface area (Å²) in [6, 6.07) is 12.1. The normalized spacial score (nSPS) is 14.1. The molecule has 6 rings (SSSR count). The first-order chi connectivity index (χ1) is 17.7. The zero-order valence-corrected chi connectivity index (χ0v) is 20.6. The van der Waals surface area contributed by atoms with Gasteiger partial charge < -0.3 is 15.4 Å². The van der Waals surface area contributed by atoms with Crippen molar-refractivity contribution in [2.75, 3.05) is 18.4 Å². The van der Waals surface area contributed by atoms with Gasteiger partial charge in [0, 0.05) is 52.9 Å². The molecule has 0 spiro atoms. The zero-order valence-electron chi connectivity index (χ0n) is 19.8. The Hall–Kier alpha value is -3.95. The van der Waals surface area contributed by atoms with Crippen molar-refractivity contribution in [2.24, 2.45) is 0 Å². The molecule has 1 saturated heterocycles. The van der Waals surface area contributed by atoms with E-state index in [1.54, 1.807) is 11.3 Å². The molecule has 0 unspecified atom stereocenters. The third-order valence-corrected chi connectivity index (χ3v) is 6.96.